The van der Waals surface area contributed by atoms with E-state index in [2.05, 4.69) is 15.6 Å². The second kappa shape index (κ2) is 6.75. The molecule has 1 amide bonds. The van der Waals surface area contributed by atoms with Crippen molar-refractivity contribution in [2.75, 3.05) is 25.5 Å². The van der Waals surface area contributed by atoms with Gasteiger partial charge >= 0.3 is 0 Å². The molecule has 2 heterocycles. The molecule has 0 radical (unpaired) electrons. The van der Waals surface area contributed by atoms with E-state index in [1.165, 1.54) is 0 Å². The lowest BCUT2D eigenvalue weighted by molar-refractivity contribution is -0.140. The summed E-state index contributed by atoms with van der Waals surface area (Å²) >= 11 is 0. The highest BCUT2D eigenvalue weighted by Gasteiger charge is 2.39. The fourth-order valence-corrected chi connectivity index (χ4v) is 3.01. The van der Waals surface area contributed by atoms with E-state index < -0.39 is 5.60 Å². The quantitative estimate of drug-likeness (QED) is 0.902. The summed E-state index contributed by atoms with van der Waals surface area (Å²) in [6.45, 7) is 5.42. The number of ether oxygens (including phenoxy) is 1. The lowest BCUT2D eigenvalue weighted by atomic mass is 9.91. The Balaban J connectivity index is 1.84. The molecule has 1 saturated heterocycles. The number of benzene rings is 1. The van der Waals surface area contributed by atoms with Crippen LogP contribution in [0.25, 0.3) is 11.5 Å². The van der Waals surface area contributed by atoms with Gasteiger partial charge in [-0.05, 0) is 57.5 Å². The van der Waals surface area contributed by atoms with Crippen LogP contribution in [0.3, 0.4) is 0 Å². The minimum Gasteiger partial charge on any atom is -0.444 e. The average Bonchev–Trinajstić information content (AvgIpc) is 3.03. The molecule has 0 spiro atoms. The number of nitrogens with one attached hydrogen (secondary N) is 2. The highest BCUT2D eigenvalue weighted by molar-refractivity contribution is 5.98. The summed E-state index contributed by atoms with van der Waals surface area (Å²) in [5, 5.41) is 6.24. The van der Waals surface area contributed by atoms with Crippen molar-refractivity contribution in [3.63, 3.8) is 0 Å². The Morgan fingerprint density at radius 3 is 2.71 bits per heavy atom. The molecule has 1 aliphatic heterocycles. The van der Waals surface area contributed by atoms with Gasteiger partial charge in [-0.15, -0.1) is 0 Å². The predicted molar refractivity (Wildman–Crippen MR) is 91.9 cm³/mol. The Morgan fingerprint density at radius 2 is 2.08 bits per heavy atom. The molecule has 2 N–H and O–H groups in total. The predicted octanol–water partition coefficient (Wildman–Crippen LogP) is 2.67. The molecule has 128 valence electrons. The lowest BCUT2D eigenvalue weighted by Crippen LogP contribution is -2.51. The van der Waals surface area contributed by atoms with Crippen LogP contribution in [0.5, 0.6) is 0 Å². The topological polar surface area (TPSA) is 76.4 Å². The van der Waals surface area contributed by atoms with Crippen molar-refractivity contribution in [2.24, 2.45) is 0 Å². The van der Waals surface area contributed by atoms with E-state index in [4.69, 9.17) is 9.15 Å². The molecule has 2 aromatic rings. The van der Waals surface area contributed by atoms with Gasteiger partial charge in [0.15, 0.2) is 0 Å². The van der Waals surface area contributed by atoms with Crippen molar-refractivity contribution < 1.29 is 13.9 Å². The smallest absolute Gasteiger partial charge is 0.256 e. The van der Waals surface area contributed by atoms with Crippen LogP contribution < -0.4 is 10.6 Å². The first kappa shape index (κ1) is 16.7. The molecule has 1 fully saturated rings. The van der Waals surface area contributed by atoms with E-state index in [1.807, 2.05) is 32.0 Å². The van der Waals surface area contributed by atoms with Gasteiger partial charge in [-0.3, -0.25) is 4.79 Å². The summed E-state index contributed by atoms with van der Waals surface area (Å²) in [5.41, 5.74) is 2.68. The molecular formula is C18H23N3O3. The van der Waals surface area contributed by atoms with Gasteiger partial charge in [0.2, 0.25) is 5.89 Å². The standard InChI is InChI=1S/C18H23N3O3/c1-12-4-5-14(10-15(12)16-20-13(2)11-24-16)21-17(22)18(23-3)6-8-19-9-7-18/h4-5,10-11,19H,6-9H2,1-3H3,(H,21,22). The Bertz CT molecular complexity index is 733. The maximum absolute atomic E-state index is 12.8. The van der Waals surface area contributed by atoms with E-state index in [1.54, 1.807) is 13.4 Å². The van der Waals surface area contributed by atoms with E-state index in [-0.39, 0.29) is 5.91 Å². The van der Waals surface area contributed by atoms with Gasteiger partial charge in [0.05, 0.1) is 5.69 Å². The summed E-state index contributed by atoms with van der Waals surface area (Å²) < 4.78 is 11.1. The van der Waals surface area contributed by atoms with Crippen molar-refractivity contribution in [1.82, 2.24) is 10.3 Å². The number of methoxy groups -OCH3 is 1. The molecule has 1 aliphatic rings. The van der Waals surface area contributed by atoms with Crippen molar-refractivity contribution >= 4 is 11.6 Å². The molecule has 1 aromatic heterocycles. The number of hydrogen-bond acceptors (Lipinski definition) is 5. The molecule has 6 heteroatoms. The SMILES string of the molecule is COC1(C(=O)Nc2ccc(C)c(-c3nc(C)co3)c2)CCNCC1. The lowest BCUT2D eigenvalue weighted by Gasteiger charge is -2.34. The summed E-state index contributed by atoms with van der Waals surface area (Å²) in [5.74, 6) is 0.453. The molecule has 0 bridgehead atoms. The third-order valence-corrected chi connectivity index (χ3v) is 4.56. The largest absolute Gasteiger partial charge is 0.444 e. The first-order chi connectivity index (χ1) is 11.5. The number of carbonyl (C=O) groups excluding carboxylic acids is 1. The van der Waals surface area contributed by atoms with E-state index >= 15 is 0 Å². The number of nitrogens with zero attached hydrogens (tertiary/aromatic N) is 1. The summed E-state index contributed by atoms with van der Waals surface area (Å²) in [6, 6.07) is 5.73. The van der Waals surface area contributed by atoms with Gasteiger partial charge in [0, 0.05) is 18.4 Å². The molecule has 1 aromatic carbocycles. The third kappa shape index (κ3) is 3.20. The number of piperidine rings is 1. The summed E-state index contributed by atoms with van der Waals surface area (Å²) in [7, 11) is 1.60. The first-order valence-electron chi connectivity index (χ1n) is 8.14. The van der Waals surface area contributed by atoms with Crippen LogP contribution >= 0.6 is 0 Å². The molecule has 0 aliphatic carbocycles. The number of oxazole rings is 1. The number of amides is 1. The number of aryl methyl sites for hydroxylation is 2. The van der Waals surface area contributed by atoms with Crippen molar-refractivity contribution in [2.45, 2.75) is 32.3 Å². The van der Waals surface area contributed by atoms with Crippen LogP contribution in [0.1, 0.15) is 24.1 Å². The van der Waals surface area contributed by atoms with Crippen molar-refractivity contribution in [3.8, 4) is 11.5 Å². The average molecular weight is 329 g/mol. The number of aromatic nitrogens is 1. The maximum Gasteiger partial charge on any atom is 0.256 e. The third-order valence-electron chi connectivity index (χ3n) is 4.56. The highest BCUT2D eigenvalue weighted by atomic mass is 16.5. The molecule has 0 unspecified atom stereocenters. The number of anilines is 1. The van der Waals surface area contributed by atoms with Crippen LogP contribution in [-0.2, 0) is 9.53 Å². The van der Waals surface area contributed by atoms with E-state index in [9.17, 15) is 4.79 Å². The molecule has 0 saturated carbocycles. The van der Waals surface area contributed by atoms with Gasteiger partial charge in [-0.1, -0.05) is 6.07 Å². The second-order valence-corrected chi connectivity index (χ2v) is 6.23. The number of rotatable bonds is 4. The zero-order valence-electron chi connectivity index (χ0n) is 14.3. The van der Waals surface area contributed by atoms with Gasteiger partial charge in [0.1, 0.15) is 11.9 Å². The van der Waals surface area contributed by atoms with E-state index in [0.29, 0.717) is 24.4 Å². The van der Waals surface area contributed by atoms with Crippen molar-refractivity contribution in [3.05, 3.63) is 35.7 Å². The number of carbonyl (C=O) groups is 1. The van der Waals surface area contributed by atoms with Crippen LogP contribution in [0.2, 0.25) is 0 Å². The van der Waals surface area contributed by atoms with Gasteiger partial charge in [-0.2, -0.15) is 0 Å². The van der Waals surface area contributed by atoms with Crippen LogP contribution in [0.15, 0.2) is 28.9 Å². The minimum absolute atomic E-state index is 0.107. The van der Waals surface area contributed by atoms with Crippen LogP contribution in [-0.4, -0.2) is 36.7 Å². The zero-order chi connectivity index (χ0) is 17.2. The molecule has 24 heavy (non-hydrogen) atoms. The highest BCUT2D eigenvalue weighted by Crippen LogP contribution is 2.28. The summed E-state index contributed by atoms with van der Waals surface area (Å²) in [6.07, 6.45) is 2.94. The van der Waals surface area contributed by atoms with Crippen molar-refractivity contribution in [1.29, 1.82) is 0 Å². The number of hydrogen-bond donors (Lipinski definition) is 2. The summed E-state index contributed by atoms with van der Waals surface area (Å²) in [4.78, 5) is 17.1. The van der Waals surface area contributed by atoms with Crippen LogP contribution in [0.4, 0.5) is 5.69 Å². The Kier molecular flexibility index (Phi) is 4.69. The molecule has 3 rings (SSSR count). The Morgan fingerprint density at radius 1 is 1.33 bits per heavy atom. The Hall–Kier alpha value is -2.18. The van der Waals surface area contributed by atoms with Crippen LogP contribution in [0, 0.1) is 13.8 Å². The fourth-order valence-electron chi connectivity index (χ4n) is 3.01. The van der Waals surface area contributed by atoms with E-state index in [0.717, 1.165) is 29.9 Å². The maximum atomic E-state index is 12.8. The zero-order valence-corrected chi connectivity index (χ0v) is 14.3. The van der Waals surface area contributed by atoms with Gasteiger partial charge < -0.3 is 19.8 Å². The molecule has 6 nitrogen and oxygen atoms in total. The first-order valence-corrected chi connectivity index (χ1v) is 8.14. The van der Waals surface area contributed by atoms with Gasteiger partial charge in [0.25, 0.3) is 5.91 Å². The molecular weight excluding hydrogens is 306 g/mol. The van der Waals surface area contributed by atoms with Gasteiger partial charge in [-0.25, -0.2) is 4.98 Å². The fraction of sp³-hybridized carbons (Fsp3) is 0.444. The second-order valence-electron chi connectivity index (χ2n) is 6.23. The minimum atomic E-state index is -0.768. The monoisotopic (exact) mass is 329 g/mol. The molecule has 0 atom stereocenters. The normalized spacial score (nSPS) is 16.8. The Labute approximate surface area is 141 Å².